The molecule has 0 heterocycles. The molecule has 0 fully saturated rings. The Morgan fingerprint density at radius 2 is 1.65 bits per heavy atom. The first-order valence-electron chi connectivity index (χ1n) is 10.3. The average Bonchev–Trinajstić information content (AvgIpc) is 2.82. The van der Waals surface area contributed by atoms with E-state index in [1.807, 2.05) is 0 Å². The molecule has 0 radical (unpaired) electrons. The smallest absolute Gasteiger partial charge is 0.872 e. The Hall–Kier alpha value is -0.807. The van der Waals surface area contributed by atoms with Crippen LogP contribution in [0.5, 0.6) is 5.75 Å². The number of nitrogens with two attached hydrogens (primary N) is 1. The Balaban J connectivity index is 0.00000280. The third kappa shape index (κ3) is 8.39. The second kappa shape index (κ2) is 14.1. The summed E-state index contributed by atoms with van der Waals surface area (Å²) >= 11 is 5.90. The van der Waals surface area contributed by atoms with Crippen LogP contribution in [0.25, 0.3) is 10.8 Å². The Morgan fingerprint density at radius 3 is 2.27 bits per heavy atom. The number of benzene rings is 4. The first-order valence-corrected chi connectivity index (χ1v) is 13.6. The third-order valence-electron chi connectivity index (χ3n) is 5.19. The molecule has 0 aliphatic carbocycles. The summed E-state index contributed by atoms with van der Waals surface area (Å²) in [4.78, 5) is 11.1. The van der Waals surface area contributed by atoms with Gasteiger partial charge in [-0.15, -0.1) is 10.2 Å². The quantitative estimate of drug-likeness (QED) is 0.0905. The fraction of sp³-hybridized carbons (Fsp3) is 0. The first kappa shape index (κ1) is 35.4. The molecule has 4 N–H and O–H groups in total. The van der Waals surface area contributed by atoms with Crippen molar-refractivity contribution in [2.75, 3.05) is 11.1 Å². The van der Waals surface area contributed by atoms with Crippen molar-refractivity contribution in [3.05, 3.63) is 77.3 Å². The molecule has 4 aromatic carbocycles. The molecule has 0 spiro atoms. The van der Waals surface area contributed by atoms with Crippen LogP contribution in [0.1, 0.15) is 10.4 Å². The number of amides is 1. The van der Waals surface area contributed by atoms with E-state index in [4.69, 9.17) is 17.3 Å². The van der Waals surface area contributed by atoms with E-state index in [-0.39, 0.29) is 136 Å². The van der Waals surface area contributed by atoms with Crippen LogP contribution in [0, 0.1) is 0 Å². The maximum absolute atomic E-state index is 12.6. The number of hydrogen-bond acceptors (Lipinski definition) is 10. The van der Waals surface area contributed by atoms with Crippen molar-refractivity contribution in [2.45, 2.75) is 9.79 Å². The molecule has 17 heteroatoms. The number of nitrogens with one attached hydrogen (secondary N) is 1. The van der Waals surface area contributed by atoms with E-state index < -0.39 is 47.4 Å². The normalized spacial score (nSPS) is 11.6. The summed E-state index contributed by atoms with van der Waals surface area (Å²) in [7, 11) is -9.73. The zero-order valence-corrected chi connectivity index (χ0v) is 29.5. The van der Waals surface area contributed by atoms with Crippen molar-refractivity contribution in [1.29, 1.82) is 0 Å². The standard InChI is InChI=1S/C23H17ClN4O8S2.2K/c24-14-3-1-2-13(8-14)23(30)26-15-5-7-20(38(34,35)36)18(10-15)27-28-22-17(25)6-4-12-9-16(37(31,32)33)11-19(29)21(12)22;;/h1-11,29H,25H2,(H,26,30)(H,31,32,33)(H,34,35,36);;/q;2*+1/p-2. The number of fused-ring (bicyclic) bond motifs is 1. The van der Waals surface area contributed by atoms with Crippen molar-refractivity contribution < 1.29 is 139 Å². The van der Waals surface area contributed by atoms with Crippen LogP contribution in [-0.4, -0.2) is 31.8 Å². The van der Waals surface area contributed by atoms with Crippen molar-refractivity contribution in [3.63, 3.8) is 0 Å². The summed E-state index contributed by atoms with van der Waals surface area (Å²) in [6, 6.07) is 13.5. The Kier molecular flexibility index (Phi) is 12.5. The predicted octanol–water partition coefficient (Wildman–Crippen LogP) is -2.02. The van der Waals surface area contributed by atoms with Gasteiger partial charge in [-0.1, -0.05) is 35.5 Å². The number of nitrogen functional groups attached to an aromatic ring is 1. The minimum absolute atomic E-state index is 0. The average molecular weight is 653 g/mol. The predicted molar refractivity (Wildman–Crippen MR) is 136 cm³/mol. The van der Waals surface area contributed by atoms with Crippen LogP contribution < -0.4 is 119 Å². The van der Waals surface area contributed by atoms with Gasteiger partial charge in [0.15, 0.2) is 0 Å². The number of hydrogen-bond donors (Lipinski definition) is 3. The third-order valence-corrected chi connectivity index (χ3v) is 7.14. The summed E-state index contributed by atoms with van der Waals surface area (Å²) in [5.74, 6) is -1.47. The maximum Gasteiger partial charge on any atom is 1.00 e. The monoisotopic (exact) mass is 652 g/mol. The minimum Gasteiger partial charge on any atom is -0.872 e. The van der Waals surface area contributed by atoms with E-state index in [9.17, 15) is 35.8 Å². The number of carbonyl (C=O) groups is 1. The van der Waals surface area contributed by atoms with Crippen LogP contribution in [0.2, 0.25) is 5.02 Å². The molecular formula is C23H15ClK2N4O8S2. The summed E-state index contributed by atoms with van der Waals surface area (Å²) in [5.41, 5.74) is 5.50. The molecule has 12 nitrogen and oxygen atoms in total. The van der Waals surface area contributed by atoms with Crippen LogP contribution in [-0.2, 0) is 20.2 Å². The number of halogens is 1. The van der Waals surface area contributed by atoms with Crippen molar-refractivity contribution >= 4 is 71.3 Å². The second-order valence-corrected chi connectivity index (χ2v) is 11.0. The Morgan fingerprint density at radius 1 is 0.950 bits per heavy atom. The molecule has 0 bridgehead atoms. The topological polar surface area (TPSA) is 214 Å². The first-order chi connectivity index (χ1) is 17.7. The molecular weight excluding hydrogens is 638 g/mol. The van der Waals surface area contributed by atoms with E-state index >= 15 is 0 Å². The van der Waals surface area contributed by atoms with Crippen molar-refractivity contribution in [2.24, 2.45) is 10.2 Å². The van der Waals surface area contributed by atoms with Gasteiger partial charge in [-0.3, -0.25) is 9.35 Å². The molecule has 0 unspecified atom stereocenters. The number of rotatable bonds is 6. The zero-order valence-electron chi connectivity index (χ0n) is 20.8. The maximum atomic E-state index is 12.6. The van der Waals surface area contributed by atoms with Gasteiger partial charge in [0.2, 0.25) is 0 Å². The van der Waals surface area contributed by atoms with Crippen LogP contribution >= 0.6 is 11.6 Å². The molecule has 1 amide bonds. The van der Waals surface area contributed by atoms with Gasteiger partial charge in [-0.25, -0.2) is 8.42 Å². The number of anilines is 2. The number of azo groups is 1. The van der Waals surface area contributed by atoms with Gasteiger partial charge in [0.1, 0.15) is 26.4 Å². The second-order valence-electron chi connectivity index (χ2n) is 7.80. The van der Waals surface area contributed by atoms with Gasteiger partial charge in [-0.05, 0) is 53.9 Å². The van der Waals surface area contributed by atoms with Crippen LogP contribution in [0.4, 0.5) is 22.7 Å². The van der Waals surface area contributed by atoms with Gasteiger partial charge >= 0.3 is 103 Å². The van der Waals surface area contributed by atoms with Crippen LogP contribution in [0.3, 0.4) is 0 Å². The molecule has 0 aliphatic heterocycles. The molecule has 196 valence electrons. The van der Waals surface area contributed by atoms with E-state index in [1.165, 1.54) is 30.3 Å². The van der Waals surface area contributed by atoms with E-state index in [2.05, 4.69) is 15.5 Å². The van der Waals surface area contributed by atoms with Gasteiger partial charge < -0.3 is 20.7 Å². The summed E-state index contributed by atoms with van der Waals surface area (Å²) in [5, 5.41) is 23.1. The largest absolute Gasteiger partial charge is 1.00 e. The summed E-state index contributed by atoms with van der Waals surface area (Å²) < 4.78 is 67.5. The zero-order chi connectivity index (χ0) is 27.8. The molecule has 4 aromatic rings. The molecule has 0 aliphatic rings. The molecule has 0 atom stereocenters. The van der Waals surface area contributed by atoms with Crippen LogP contribution in [0.15, 0.2) is 86.7 Å². The molecule has 40 heavy (non-hydrogen) atoms. The molecule has 4 rings (SSSR count). The fourth-order valence-electron chi connectivity index (χ4n) is 3.48. The van der Waals surface area contributed by atoms with E-state index in [0.29, 0.717) is 11.1 Å². The molecule has 0 aromatic heterocycles. The summed E-state index contributed by atoms with van der Waals surface area (Å²) in [6.07, 6.45) is 0. The van der Waals surface area contributed by atoms with E-state index in [0.717, 1.165) is 18.2 Å². The number of nitrogens with zero attached hydrogens (tertiary/aromatic N) is 2. The Labute approximate surface area is 318 Å². The molecule has 0 saturated carbocycles. The van der Waals surface area contributed by atoms with E-state index in [1.54, 1.807) is 12.1 Å². The molecule has 0 saturated heterocycles. The summed E-state index contributed by atoms with van der Waals surface area (Å²) in [6.45, 7) is 0. The Bertz CT molecular complexity index is 1870. The SMILES string of the molecule is Nc1ccc2cc(S(=O)(=O)[O-])cc([O-])c2c1N=Nc1cc(NC(=O)c2cccc(Cl)c2)ccc1S(=O)(=O)O.[K+].[K+]. The fourth-order valence-corrected chi connectivity index (χ4v) is 4.80. The van der Waals surface area contributed by atoms with Gasteiger partial charge in [0.25, 0.3) is 16.0 Å². The van der Waals surface area contributed by atoms with Crippen molar-refractivity contribution in [1.82, 2.24) is 0 Å². The van der Waals surface area contributed by atoms with Gasteiger partial charge in [0, 0.05) is 21.7 Å². The van der Waals surface area contributed by atoms with Crippen molar-refractivity contribution in [3.8, 4) is 5.75 Å². The minimum atomic E-state index is -4.93. The van der Waals surface area contributed by atoms with Gasteiger partial charge in [-0.2, -0.15) is 8.42 Å². The van der Waals surface area contributed by atoms with Gasteiger partial charge in [0.05, 0.1) is 10.6 Å². The number of carbonyl (C=O) groups excluding carboxylic acids is 1.